The number of rotatable bonds is 15. The second-order valence-corrected chi connectivity index (χ2v) is 9.73. The van der Waals surface area contributed by atoms with E-state index < -0.39 is 5.97 Å². The van der Waals surface area contributed by atoms with E-state index in [-0.39, 0.29) is 11.0 Å². The van der Waals surface area contributed by atoms with Crippen LogP contribution in [0.1, 0.15) is 75.5 Å². The van der Waals surface area contributed by atoms with Crippen LogP contribution in [0.4, 0.5) is 0 Å². The molecule has 1 unspecified atom stereocenters. The fourth-order valence-corrected chi connectivity index (χ4v) is 4.46. The number of nitrogens with one attached hydrogen (secondary N) is 1. The summed E-state index contributed by atoms with van der Waals surface area (Å²) in [6.07, 6.45) is 9.70. The van der Waals surface area contributed by atoms with Crippen LogP contribution in [0.5, 0.6) is 0 Å². The number of amides is 1. The Hall–Kier alpha value is -2.44. The number of aliphatic carboxylic acids is 1. The second kappa shape index (κ2) is 13.4. The van der Waals surface area contributed by atoms with Crippen molar-refractivity contribution in [2.75, 3.05) is 26.8 Å². The van der Waals surface area contributed by atoms with Crippen molar-refractivity contribution in [3.8, 4) is 0 Å². The molecule has 188 valence electrons. The maximum atomic E-state index is 11.9. The van der Waals surface area contributed by atoms with Gasteiger partial charge in [-0.05, 0) is 81.7 Å². The Kier molecular flexibility index (Phi) is 11.0. The molecule has 0 saturated heterocycles. The zero-order valence-electron chi connectivity index (χ0n) is 21.5. The summed E-state index contributed by atoms with van der Waals surface area (Å²) in [6.45, 7) is 10.4. The Morgan fingerprint density at radius 3 is 2.59 bits per heavy atom. The van der Waals surface area contributed by atoms with Crippen molar-refractivity contribution in [3.63, 3.8) is 0 Å². The lowest BCUT2D eigenvalue weighted by Crippen LogP contribution is -2.41. The van der Waals surface area contributed by atoms with Gasteiger partial charge in [-0.15, -0.1) is 0 Å². The van der Waals surface area contributed by atoms with Crippen molar-refractivity contribution in [1.29, 1.82) is 0 Å². The quantitative estimate of drug-likeness (QED) is 0.160. The number of carbonyl (C=O) groups is 2. The first-order valence-electron chi connectivity index (χ1n) is 12.3. The Labute approximate surface area is 205 Å². The molecule has 2 N–H and O–H groups in total. The van der Waals surface area contributed by atoms with E-state index in [0.29, 0.717) is 18.8 Å². The third-order valence-corrected chi connectivity index (χ3v) is 7.25. The van der Waals surface area contributed by atoms with E-state index in [0.717, 1.165) is 38.3 Å². The second-order valence-electron chi connectivity index (χ2n) is 9.73. The highest BCUT2D eigenvalue weighted by molar-refractivity contribution is 5.86. The first-order chi connectivity index (χ1) is 16.2. The number of methoxy groups -OCH3 is 1. The maximum absolute atomic E-state index is 11.9. The summed E-state index contributed by atoms with van der Waals surface area (Å²) in [4.78, 5) is 24.6. The number of carboxylic acid groups (broad SMARTS) is 1. The van der Waals surface area contributed by atoms with Gasteiger partial charge >= 0.3 is 5.97 Å². The van der Waals surface area contributed by atoms with Crippen LogP contribution < -0.4 is 5.32 Å². The van der Waals surface area contributed by atoms with Crippen LogP contribution in [0.3, 0.4) is 0 Å². The predicted molar refractivity (Wildman–Crippen MR) is 137 cm³/mol. The minimum Gasteiger partial charge on any atom is -0.478 e. The fraction of sp³-hybridized carbons (Fsp3) is 0.571. The molecule has 1 aromatic carbocycles. The molecule has 1 aromatic rings. The van der Waals surface area contributed by atoms with Crippen LogP contribution >= 0.6 is 0 Å². The van der Waals surface area contributed by atoms with Gasteiger partial charge in [0.2, 0.25) is 6.41 Å². The van der Waals surface area contributed by atoms with Crippen LogP contribution in [0.15, 0.2) is 41.6 Å². The molecule has 1 amide bonds. The summed E-state index contributed by atoms with van der Waals surface area (Å²) >= 11 is 0. The largest absolute Gasteiger partial charge is 0.478 e. The zero-order chi connectivity index (χ0) is 25.1. The SMILES string of the molecule is CCC(CCNCc1ccc(C)c(C2CCC2)c1)(COC)CN(C=O)/C(C)=C/C=C(\C)C(=O)O. The van der Waals surface area contributed by atoms with Gasteiger partial charge in [0, 0.05) is 36.9 Å². The molecule has 34 heavy (non-hydrogen) atoms. The monoisotopic (exact) mass is 470 g/mol. The minimum atomic E-state index is -0.969. The minimum absolute atomic E-state index is 0.201. The third-order valence-electron chi connectivity index (χ3n) is 7.25. The number of nitrogens with zero attached hydrogens (tertiary/aromatic N) is 1. The lowest BCUT2D eigenvalue weighted by Gasteiger charge is -2.36. The van der Waals surface area contributed by atoms with E-state index in [1.807, 2.05) is 6.92 Å². The van der Waals surface area contributed by atoms with Crippen molar-refractivity contribution >= 4 is 12.4 Å². The summed E-state index contributed by atoms with van der Waals surface area (Å²) in [5, 5.41) is 12.6. The molecule has 0 bridgehead atoms. The number of carbonyl (C=O) groups excluding carboxylic acids is 1. The number of hydrogen-bond acceptors (Lipinski definition) is 4. The van der Waals surface area contributed by atoms with Crippen LogP contribution in [-0.2, 0) is 20.9 Å². The summed E-state index contributed by atoms with van der Waals surface area (Å²) in [5.74, 6) is -0.238. The molecule has 2 rings (SSSR count). The number of aryl methyl sites for hydroxylation is 1. The van der Waals surface area contributed by atoms with Gasteiger partial charge in [0.05, 0.1) is 6.61 Å². The molecule has 1 fully saturated rings. The van der Waals surface area contributed by atoms with E-state index in [1.165, 1.54) is 49.0 Å². The van der Waals surface area contributed by atoms with Crippen LogP contribution in [0.25, 0.3) is 0 Å². The van der Waals surface area contributed by atoms with Gasteiger partial charge in [0.25, 0.3) is 0 Å². The van der Waals surface area contributed by atoms with E-state index in [1.54, 1.807) is 18.1 Å². The van der Waals surface area contributed by atoms with Crippen LogP contribution in [0.2, 0.25) is 0 Å². The molecule has 1 atom stereocenters. The smallest absolute Gasteiger partial charge is 0.331 e. The molecule has 0 aliphatic heterocycles. The van der Waals surface area contributed by atoms with Crippen molar-refractivity contribution < 1.29 is 19.4 Å². The summed E-state index contributed by atoms with van der Waals surface area (Å²) < 4.78 is 5.56. The Balaban J connectivity index is 2.01. The van der Waals surface area contributed by atoms with Gasteiger partial charge in [-0.1, -0.05) is 37.6 Å². The maximum Gasteiger partial charge on any atom is 0.331 e. The highest BCUT2D eigenvalue weighted by Crippen LogP contribution is 2.38. The Morgan fingerprint density at radius 1 is 1.29 bits per heavy atom. The summed E-state index contributed by atoms with van der Waals surface area (Å²) in [5.41, 5.74) is 4.95. The zero-order valence-corrected chi connectivity index (χ0v) is 21.5. The van der Waals surface area contributed by atoms with Gasteiger partial charge in [0.15, 0.2) is 0 Å². The number of allylic oxidation sites excluding steroid dienone is 3. The predicted octanol–water partition coefficient (Wildman–Crippen LogP) is 5.18. The van der Waals surface area contributed by atoms with Gasteiger partial charge in [-0.2, -0.15) is 0 Å². The van der Waals surface area contributed by atoms with Crippen molar-refractivity contribution in [2.45, 2.75) is 72.3 Å². The van der Waals surface area contributed by atoms with Crippen LogP contribution in [0, 0.1) is 12.3 Å². The molecule has 1 aliphatic rings. The Bertz CT molecular complexity index is 888. The topological polar surface area (TPSA) is 78.9 Å². The molecule has 0 radical (unpaired) electrons. The number of hydrogen-bond donors (Lipinski definition) is 2. The average Bonchev–Trinajstić information content (AvgIpc) is 2.79. The number of benzene rings is 1. The lowest BCUT2D eigenvalue weighted by molar-refractivity contribution is -0.132. The summed E-state index contributed by atoms with van der Waals surface area (Å²) in [6, 6.07) is 6.81. The first-order valence-corrected chi connectivity index (χ1v) is 12.3. The highest BCUT2D eigenvalue weighted by atomic mass is 16.5. The molecular weight excluding hydrogens is 428 g/mol. The molecule has 0 spiro atoms. The van der Waals surface area contributed by atoms with E-state index in [9.17, 15) is 9.59 Å². The third kappa shape index (κ3) is 7.81. The van der Waals surface area contributed by atoms with Gasteiger partial charge in [-0.3, -0.25) is 4.79 Å². The molecule has 1 aliphatic carbocycles. The van der Waals surface area contributed by atoms with E-state index in [2.05, 4.69) is 37.4 Å². The van der Waals surface area contributed by atoms with Gasteiger partial charge in [-0.25, -0.2) is 4.79 Å². The van der Waals surface area contributed by atoms with Crippen molar-refractivity contribution in [1.82, 2.24) is 10.2 Å². The van der Waals surface area contributed by atoms with E-state index in [4.69, 9.17) is 9.84 Å². The Morgan fingerprint density at radius 2 is 2.03 bits per heavy atom. The standard InChI is InChI=1S/C28H42N2O4/c1-6-28(19-34-5,18-30(20-31)23(4)12-10-22(3)27(32)33)14-15-29-17-24-13-11-21(2)26(16-24)25-8-7-9-25/h10-13,16,20,25,29H,6-9,14-15,17-19H2,1-5H3,(H,32,33)/b22-10+,23-12+. The highest BCUT2D eigenvalue weighted by Gasteiger charge is 2.31. The van der Waals surface area contributed by atoms with Crippen LogP contribution in [-0.4, -0.2) is 49.2 Å². The summed E-state index contributed by atoms with van der Waals surface area (Å²) in [7, 11) is 1.69. The lowest BCUT2D eigenvalue weighted by atomic mass is 9.78. The molecular formula is C28H42N2O4. The van der Waals surface area contributed by atoms with E-state index >= 15 is 0 Å². The normalized spacial score (nSPS) is 16.6. The molecule has 6 heteroatoms. The molecule has 1 saturated carbocycles. The average molecular weight is 471 g/mol. The van der Waals surface area contributed by atoms with Gasteiger partial charge < -0.3 is 20.1 Å². The molecule has 0 heterocycles. The van der Waals surface area contributed by atoms with Gasteiger partial charge in [0.1, 0.15) is 0 Å². The number of ether oxygens (including phenoxy) is 1. The number of carboxylic acids is 1. The molecule has 6 nitrogen and oxygen atoms in total. The molecule has 0 aromatic heterocycles. The van der Waals surface area contributed by atoms with Crippen molar-refractivity contribution in [3.05, 3.63) is 58.3 Å². The fourth-order valence-electron chi connectivity index (χ4n) is 4.46. The van der Waals surface area contributed by atoms with Crippen molar-refractivity contribution in [2.24, 2.45) is 5.41 Å². The first kappa shape index (κ1) is 27.8.